The molecule has 0 unspecified atom stereocenters. The van der Waals surface area contributed by atoms with Crippen molar-refractivity contribution in [1.29, 1.82) is 0 Å². The molecule has 66 valence electrons. The molecule has 0 amide bonds. The van der Waals surface area contributed by atoms with Gasteiger partial charge in [-0.25, -0.2) is 0 Å². The summed E-state index contributed by atoms with van der Waals surface area (Å²) in [7, 11) is 0. The minimum absolute atomic E-state index is 0.148. The van der Waals surface area contributed by atoms with Crippen LogP contribution in [0.3, 0.4) is 0 Å². The van der Waals surface area contributed by atoms with Crippen LogP contribution in [-0.2, 0) is 0 Å². The predicted molar refractivity (Wildman–Crippen MR) is 53.4 cm³/mol. The molecular weight excluding hydrogens is 180 g/mol. The van der Waals surface area contributed by atoms with Gasteiger partial charge in [0, 0.05) is 16.8 Å². The van der Waals surface area contributed by atoms with E-state index in [0.717, 1.165) is 11.5 Å². The average Bonchev–Trinajstić information content (AvgIpc) is 2.03. The highest BCUT2D eigenvalue weighted by Gasteiger charge is 2.12. The molecule has 0 rings (SSSR count). The zero-order valence-corrected chi connectivity index (χ0v) is 8.02. The zero-order chi connectivity index (χ0) is 8.69. The monoisotopic (exact) mass is 194 g/mol. The highest BCUT2D eigenvalue weighted by atomic mass is 32.2. The fraction of sp³-hybridized carbons (Fsp3) is 0.714. The number of thioether (sulfide) groups is 1. The van der Waals surface area contributed by atoms with Crippen molar-refractivity contribution < 1.29 is 10.2 Å². The van der Waals surface area contributed by atoms with Gasteiger partial charge in [-0.05, 0) is 0 Å². The van der Waals surface area contributed by atoms with Crippen molar-refractivity contribution in [2.45, 2.75) is 11.4 Å². The van der Waals surface area contributed by atoms with E-state index in [1.807, 2.05) is 0 Å². The highest BCUT2D eigenvalue weighted by molar-refractivity contribution is 8.00. The van der Waals surface area contributed by atoms with Gasteiger partial charge >= 0.3 is 0 Å². The lowest BCUT2D eigenvalue weighted by Crippen LogP contribution is -2.26. The minimum atomic E-state index is -0.712. The van der Waals surface area contributed by atoms with E-state index >= 15 is 0 Å². The first-order valence-corrected chi connectivity index (χ1v) is 5.05. The minimum Gasteiger partial charge on any atom is -0.394 e. The van der Waals surface area contributed by atoms with E-state index in [4.69, 9.17) is 10.2 Å². The molecule has 2 atom stereocenters. The Kier molecular flexibility index (Phi) is 7.26. The molecule has 0 radical (unpaired) electrons. The number of aliphatic hydroxyl groups excluding tert-OH is 2. The van der Waals surface area contributed by atoms with E-state index in [1.54, 1.807) is 17.8 Å². The van der Waals surface area contributed by atoms with Crippen LogP contribution in [0.1, 0.15) is 0 Å². The van der Waals surface area contributed by atoms with E-state index in [1.165, 1.54) is 0 Å². The molecule has 0 saturated heterocycles. The van der Waals surface area contributed by atoms with Crippen molar-refractivity contribution >= 4 is 24.4 Å². The normalized spacial score (nSPS) is 15.9. The van der Waals surface area contributed by atoms with Crippen molar-refractivity contribution in [3.63, 3.8) is 0 Å². The molecule has 4 heteroatoms. The molecule has 0 bridgehead atoms. The Balaban J connectivity index is 3.34. The molecule has 0 aliphatic carbocycles. The van der Waals surface area contributed by atoms with E-state index in [9.17, 15) is 0 Å². The van der Waals surface area contributed by atoms with Crippen molar-refractivity contribution in [2.24, 2.45) is 0 Å². The van der Waals surface area contributed by atoms with Gasteiger partial charge in [0.15, 0.2) is 0 Å². The number of hydrogen-bond acceptors (Lipinski definition) is 4. The van der Waals surface area contributed by atoms with E-state index in [2.05, 4.69) is 19.2 Å². The lowest BCUT2D eigenvalue weighted by molar-refractivity contribution is 0.0978. The van der Waals surface area contributed by atoms with Gasteiger partial charge < -0.3 is 10.2 Å². The van der Waals surface area contributed by atoms with Crippen LogP contribution in [0.15, 0.2) is 12.7 Å². The van der Waals surface area contributed by atoms with E-state index in [-0.39, 0.29) is 11.9 Å². The maximum Gasteiger partial charge on any atom is 0.0894 e. The Morgan fingerprint density at radius 2 is 2.27 bits per heavy atom. The first kappa shape index (κ1) is 11.4. The molecule has 2 N–H and O–H groups in total. The van der Waals surface area contributed by atoms with Gasteiger partial charge in [0.25, 0.3) is 0 Å². The van der Waals surface area contributed by atoms with Gasteiger partial charge in [-0.3, -0.25) is 0 Å². The molecule has 0 heterocycles. The molecule has 0 spiro atoms. The molecule has 0 aromatic heterocycles. The fourth-order valence-corrected chi connectivity index (χ4v) is 1.68. The first-order chi connectivity index (χ1) is 5.22. The van der Waals surface area contributed by atoms with Crippen LogP contribution in [0, 0.1) is 0 Å². The van der Waals surface area contributed by atoms with Crippen molar-refractivity contribution in [3.8, 4) is 0 Å². The Labute approximate surface area is 77.1 Å². The third-order valence-electron chi connectivity index (χ3n) is 1.16. The second-order valence-electron chi connectivity index (χ2n) is 2.14. The Hall–Kier alpha value is 0.360. The molecule has 11 heavy (non-hydrogen) atoms. The van der Waals surface area contributed by atoms with Gasteiger partial charge in [0.05, 0.1) is 12.7 Å². The Bertz CT molecular complexity index is 109. The maximum absolute atomic E-state index is 9.06. The summed E-state index contributed by atoms with van der Waals surface area (Å²) in [6.45, 7) is 3.35. The molecule has 0 saturated carbocycles. The third-order valence-corrected chi connectivity index (χ3v) is 3.00. The zero-order valence-electron chi connectivity index (χ0n) is 6.31. The number of rotatable bonds is 6. The Morgan fingerprint density at radius 1 is 1.64 bits per heavy atom. The summed E-state index contributed by atoms with van der Waals surface area (Å²) in [5.41, 5.74) is 0. The summed E-state index contributed by atoms with van der Waals surface area (Å²) in [5, 5.41) is 17.4. The largest absolute Gasteiger partial charge is 0.394 e. The van der Waals surface area contributed by atoms with Crippen LogP contribution in [0.4, 0.5) is 0 Å². The van der Waals surface area contributed by atoms with Crippen LogP contribution < -0.4 is 0 Å². The second kappa shape index (κ2) is 7.03. The average molecular weight is 194 g/mol. The van der Waals surface area contributed by atoms with Gasteiger partial charge in [0.2, 0.25) is 0 Å². The fourth-order valence-electron chi connectivity index (χ4n) is 0.505. The van der Waals surface area contributed by atoms with Crippen molar-refractivity contribution in [1.82, 2.24) is 0 Å². The van der Waals surface area contributed by atoms with Crippen LogP contribution in [0.5, 0.6) is 0 Å². The number of thiol groups is 1. The van der Waals surface area contributed by atoms with Gasteiger partial charge in [-0.1, -0.05) is 6.08 Å². The van der Waals surface area contributed by atoms with Crippen molar-refractivity contribution in [2.75, 3.05) is 18.1 Å². The molecule has 2 nitrogen and oxygen atoms in total. The predicted octanol–water partition coefficient (Wildman–Crippen LogP) is 0.557. The smallest absolute Gasteiger partial charge is 0.0894 e. The van der Waals surface area contributed by atoms with Crippen LogP contribution in [0.25, 0.3) is 0 Å². The molecule has 0 aromatic rings. The second-order valence-corrected chi connectivity index (χ2v) is 3.88. The van der Waals surface area contributed by atoms with Crippen LogP contribution >= 0.6 is 24.4 Å². The summed E-state index contributed by atoms with van der Waals surface area (Å²) in [5.74, 6) is 1.59. The topological polar surface area (TPSA) is 40.5 Å². The Morgan fingerprint density at radius 3 is 2.73 bits per heavy atom. The summed E-state index contributed by atoms with van der Waals surface area (Å²) >= 11 is 5.75. The maximum atomic E-state index is 9.06. The van der Waals surface area contributed by atoms with Crippen molar-refractivity contribution in [3.05, 3.63) is 12.7 Å². The van der Waals surface area contributed by atoms with Gasteiger partial charge in [0.1, 0.15) is 0 Å². The summed E-state index contributed by atoms with van der Waals surface area (Å²) in [4.78, 5) is 0. The van der Waals surface area contributed by atoms with Crippen LogP contribution in [-0.4, -0.2) is 39.7 Å². The third kappa shape index (κ3) is 5.61. The summed E-state index contributed by atoms with van der Waals surface area (Å²) in [6, 6.07) is 0. The van der Waals surface area contributed by atoms with Crippen LogP contribution in [0.2, 0.25) is 0 Å². The molecule has 0 aromatic carbocycles. The number of hydrogen-bond donors (Lipinski definition) is 3. The van der Waals surface area contributed by atoms with Gasteiger partial charge in [-0.2, -0.15) is 24.4 Å². The lowest BCUT2D eigenvalue weighted by Gasteiger charge is -2.14. The molecular formula is C7H14O2S2. The number of aliphatic hydroxyl groups is 2. The first-order valence-electron chi connectivity index (χ1n) is 3.38. The van der Waals surface area contributed by atoms with E-state index < -0.39 is 6.10 Å². The lowest BCUT2D eigenvalue weighted by atomic mass is 10.3. The SMILES string of the molecule is C=CCSC[C@H](S)[C@H](O)CO. The molecule has 0 aliphatic rings. The quantitative estimate of drug-likeness (QED) is 0.329. The molecule has 0 fully saturated rings. The highest BCUT2D eigenvalue weighted by Crippen LogP contribution is 2.10. The molecule has 0 aliphatic heterocycles. The van der Waals surface area contributed by atoms with Gasteiger partial charge in [-0.15, -0.1) is 6.58 Å². The standard InChI is InChI=1S/C7H14O2S2/c1-2-3-11-5-7(10)6(9)4-8/h2,6-10H,1,3-5H2/t6-,7+/m1/s1. The summed E-state index contributed by atoms with van der Waals surface area (Å²) < 4.78 is 0. The summed E-state index contributed by atoms with van der Waals surface area (Å²) in [6.07, 6.45) is 1.09. The van der Waals surface area contributed by atoms with E-state index in [0.29, 0.717) is 0 Å².